The summed E-state index contributed by atoms with van der Waals surface area (Å²) in [6.07, 6.45) is 0.638. The summed E-state index contributed by atoms with van der Waals surface area (Å²) in [7, 11) is 0. The van der Waals surface area contributed by atoms with Gasteiger partial charge >= 0.3 is 0 Å². The smallest absolute Gasteiger partial charge is 0.129 e. The third-order valence-corrected chi connectivity index (χ3v) is 2.12. The van der Waals surface area contributed by atoms with Gasteiger partial charge in [-0.1, -0.05) is 13.0 Å². The molecule has 0 saturated carbocycles. The fraction of sp³-hybridized carbons (Fsp3) is 0.400. The predicted molar refractivity (Wildman–Crippen MR) is 46.5 cm³/mol. The number of halogens is 2. The lowest BCUT2D eigenvalue weighted by Gasteiger charge is -2.12. The zero-order valence-corrected chi connectivity index (χ0v) is 7.43. The van der Waals surface area contributed by atoms with Crippen LogP contribution in [0.1, 0.15) is 24.8 Å². The lowest BCUT2D eigenvalue weighted by atomic mass is 9.97. The molecular weight excluding hydrogens is 174 g/mol. The number of hydrogen-bond acceptors (Lipinski definition) is 1. The van der Waals surface area contributed by atoms with Crippen LogP contribution in [0.4, 0.5) is 8.78 Å². The lowest BCUT2D eigenvalue weighted by Crippen LogP contribution is -2.05. The molecule has 0 radical (unpaired) electrons. The Labute approximate surface area is 76.0 Å². The molecule has 1 nitrogen and oxygen atoms in total. The molecule has 1 unspecified atom stereocenters. The summed E-state index contributed by atoms with van der Waals surface area (Å²) in [5.74, 6) is -1.41. The van der Waals surface area contributed by atoms with Crippen LogP contribution >= 0.6 is 0 Å². The van der Waals surface area contributed by atoms with Crippen LogP contribution in [0.15, 0.2) is 18.2 Å². The Morgan fingerprint density at radius 2 is 2.08 bits per heavy atom. The van der Waals surface area contributed by atoms with Crippen molar-refractivity contribution in [1.82, 2.24) is 0 Å². The average molecular weight is 186 g/mol. The molecule has 0 aromatic heterocycles. The van der Waals surface area contributed by atoms with E-state index >= 15 is 0 Å². The van der Waals surface area contributed by atoms with Crippen molar-refractivity contribution in [1.29, 1.82) is 0 Å². The molecule has 0 saturated heterocycles. The second-order valence-corrected chi connectivity index (χ2v) is 2.95. The summed E-state index contributed by atoms with van der Waals surface area (Å²) >= 11 is 0. The highest BCUT2D eigenvalue weighted by Crippen LogP contribution is 2.22. The van der Waals surface area contributed by atoms with Gasteiger partial charge in [-0.15, -0.1) is 0 Å². The number of benzene rings is 1. The van der Waals surface area contributed by atoms with Gasteiger partial charge in [-0.05, 0) is 18.1 Å². The first-order valence-corrected chi connectivity index (χ1v) is 4.24. The van der Waals surface area contributed by atoms with Crippen LogP contribution in [-0.4, -0.2) is 11.7 Å². The molecular formula is C10H12F2O. The minimum absolute atomic E-state index is 0.112. The normalized spacial score (nSPS) is 12.9. The van der Waals surface area contributed by atoms with Gasteiger partial charge in [-0.25, -0.2) is 8.78 Å². The first-order chi connectivity index (χ1) is 6.19. The van der Waals surface area contributed by atoms with Crippen LogP contribution in [0, 0.1) is 11.6 Å². The van der Waals surface area contributed by atoms with Crippen molar-refractivity contribution >= 4 is 0 Å². The third-order valence-electron chi connectivity index (χ3n) is 2.12. The molecule has 1 aromatic carbocycles. The monoisotopic (exact) mass is 186 g/mol. The molecule has 72 valence electrons. The Bertz CT molecular complexity index is 282. The van der Waals surface area contributed by atoms with E-state index in [4.69, 9.17) is 5.11 Å². The highest BCUT2D eigenvalue weighted by atomic mass is 19.1. The van der Waals surface area contributed by atoms with Crippen molar-refractivity contribution in [3.8, 4) is 0 Å². The van der Waals surface area contributed by atoms with Gasteiger partial charge in [0.15, 0.2) is 0 Å². The zero-order valence-electron chi connectivity index (χ0n) is 7.43. The molecule has 0 fully saturated rings. The van der Waals surface area contributed by atoms with E-state index in [1.165, 1.54) is 12.1 Å². The van der Waals surface area contributed by atoms with Gasteiger partial charge in [0.25, 0.3) is 0 Å². The first-order valence-electron chi connectivity index (χ1n) is 4.24. The molecule has 0 aliphatic carbocycles. The van der Waals surface area contributed by atoms with Crippen molar-refractivity contribution < 1.29 is 13.9 Å². The molecule has 0 aliphatic rings. The number of aliphatic hydroxyl groups excluding tert-OH is 1. The van der Waals surface area contributed by atoms with E-state index in [1.807, 2.05) is 6.92 Å². The summed E-state index contributed by atoms with van der Waals surface area (Å²) in [5.41, 5.74) is 0.381. The summed E-state index contributed by atoms with van der Waals surface area (Å²) < 4.78 is 25.6. The molecule has 1 atom stereocenters. The molecule has 1 N–H and O–H groups in total. The lowest BCUT2D eigenvalue weighted by molar-refractivity contribution is 0.259. The van der Waals surface area contributed by atoms with Crippen molar-refractivity contribution in [3.05, 3.63) is 35.4 Å². The van der Waals surface area contributed by atoms with Crippen molar-refractivity contribution in [3.63, 3.8) is 0 Å². The topological polar surface area (TPSA) is 20.2 Å². The maximum Gasteiger partial charge on any atom is 0.129 e. The summed E-state index contributed by atoms with van der Waals surface area (Å²) in [4.78, 5) is 0. The van der Waals surface area contributed by atoms with E-state index in [0.29, 0.717) is 12.0 Å². The van der Waals surface area contributed by atoms with E-state index < -0.39 is 11.6 Å². The van der Waals surface area contributed by atoms with E-state index in [-0.39, 0.29) is 12.5 Å². The van der Waals surface area contributed by atoms with Gasteiger partial charge in [0.2, 0.25) is 0 Å². The van der Waals surface area contributed by atoms with Crippen molar-refractivity contribution in [2.75, 3.05) is 6.61 Å². The number of hydrogen-bond donors (Lipinski definition) is 1. The standard InChI is InChI=1S/C10H12F2O/c1-2-7(6-13)9-4-3-8(11)5-10(9)12/h3-5,7,13H,2,6H2,1H3. The number of aliphatic hydroxyl groups is 1. The molecule has 0 bridgehead atoms. The predicted octanol–water partition coefficient (Wildman–Crippen LogP) is 2.45. The second kappa shape index (κ2) is 4.33. The van der Waals surface area contributed by atoms with Gasteiger partial charge in [0.05, 0.1) is 6.61 Å². The summed E-state index contributed by atoms with van der Waals surface area (Å²) in [6, 6.07) is 3.43. The minimum Gasteiger partial charge on any atom is -0.396 e. The van der Waals surface area contributed by atoms with Crippen LogP contribution in [-0.2, 0) is 0 Å². The zero-order chi connectivity index (χ0) is 9.84. The highest BCUT2D eigenvalue weighted by Gasteiger charge is 2.13. The van der Waals surface area contributed by atoms with Crippen molar-refractivity contribution in [2.45, 2.75) is 19.3 Å². The third kappa shape index (κ3) is 2.25. The molecule has 1 rings (SSSR count). The molecule has 0 aliphatic heterocycles. The Morgan fingerprint density at radius 3 is 2.54 bits per heavy atom. The molecule has 0 amide bonds. The molecule has 0 spiro atoms. The maximum absolute atomic E-state index is 13.1. The van der Waals surface area contributed by atoms with Gasteiger partial charge in [-0.2, -0.15) is 0 Å². The fourth-order valence-electron chi connectivity index (χ4n) is 1.28. The van der Waals surface area contributed by atoms with Gasteiger partial charge in [0, 0.05) is 12.0 Å². The summed E-state index contributed by atoms with van der Waals surface area (Å²) in [6.45, 7) is 1.74. The van der Waals surface area contributed by atoms with Gasteiger partial charge < -0.3 is 5.11 Å². The fourth-order valence-corrected chi connectivity index (χ4v) is 1.28. The Kier molecular flexibility index (Phi) is 3.37. The van der Waals surface area contributed by atoms with E-state index in [9.17, 15) is 8.78 Å². The molecule has 0 heterocycles. The Hall–Kier alpha value is -0.960. The van der Waals surface area contributed by atoms with Crippen LogP contribution in [0.3, 0.4) is 0 Å². The van der Waals surface area contributed by atoms with E-state index in [2.05, 4.69) is 0 Å². The Morgan fingerprint density at radius 1 is 1.38 bits per heavy atom. The molecule has 3 heteroatoms. The van der Waals surface area contributed by atoms with Crippen LogP contribution in [0.5, 0.6) is 0 Å². The summed E-state index contributed by atoms with van der Waals surface area (Å²) in [5, 5.41) is 8.91. The maximum atomic E-state index is 13.1. The van der Waals surface area contributed by atoms with E-state index in [0.717, 1.165) is 6.07 Å². The largest absolute Gasteiger partial charge is 0.396 e. The minimum atomic E-state index is -0.589. The molecule has 1 aromatic rings. The highest BCUT2D eigenvalue weighted by molar-refractivity contribution is 5.22. The van der Waals surface area contributed by atoms with E-state index in [1.54, 1.807) is 0 Å². The second-order valence-electron chi connectivity index (χ2n) is 2.95. The number of rotatable bonds is 3. The van der Waals surface area contributed by atoms with Crippen LogP contribution in [0.25, 0.3) is 0 Å². The van der Waals surface area contributed by atoms with Crippen LogP contribution < -0.4 is 0 Å². The van der Waals surface area contributed by atoms with Gasteiger partial charge in [0.1, 0.15) is 11.6 Å². The van der Waals surface area contributed by atoms with Gasteiger partial charge in [-0.3, -0.25) is 0 Å². The molecule has 13 heavy (non-hydrogen) atoms. The Balaban J connectivity index is 2.99. The average Bonchev–Trinajstić information content (AvgIpc) is 2.10. The first kappa shape index (κ1) is 10.1. The SMILES string of the molecule is CCC(CO)c1ccc(F)cc1F. The van der Waals surface area contributed by atoms with Crippen LogP contribution in [0.2, 0.25) is 0 Å². The van der Waals surface area contributed by atoms with Crippen molar-refractivity contribution in [2.24, 2.45) is 0 Å². The quantitative estimate of drug-likeness (QED) is 0.768.